The van der Waals surface area contributed by atoms with Gasteiger partial charge >= 0.3 is 0 Å². The van der Waals surface area contributed by atoms with Crippen LogP contribution < -0.4 is 11.5 Å². The van der Waals surface area contributed by atoms with Crippen LogP contribution in [0.2, 0.25) is 0 Å². The predicted octanol–water partition coefficient (Wildman–Crippen LogP) is 6.49. The van der Waals surface area contributed by atoms with Gasteiger partial charge in [-0.25, -0.2) is 0 Å². The van der Waals surface area contributed by atoms with E-state index in [2.05, 4.69) is 84.9 Å². The van der Waals surface area contributed by atoms with E-state index < -0.39 is 0 Å². The Kier molecular flexibility index (Phi) is 3.77. The average molecular weight is 360 g/mol. The molecule has 5 rings (SSSR count). The molecule has 0 saturated heterocycles. The molecule has 0 fully saturated rings. The third-order valence-electron chi connectivity index (χ3n) is 5.41. The zero-order valence-electron chi connectivity index (χ0n) is 15.4. The Hall–Kier alpha value is -3.78. The molecule has 4 N–H and O–H groups in total. The standard InChI is InChI=1S/C26H20N2/c27-25-21-13-11-19(17-7-3-1-4-8-17)15-23(21)24-16-20(12-14-22(24)26(25)28)18-9-5-2-6-10-18/h1-16H,27-28H2. The highest BCUT2D eigenvalue weighted by Crippen LogP contribution is 2.40. The van der Waals surface area contributed by atoms with Gasteiger partial charge in [-0.15, -0.1) is 0 Å². The molecule has 0 aromatic heterocycles. The lowest BCUT2D eigenvalue weighted by Gasteiger charge is -2.14. The molecule has 0 heterocycles. The van der Waals surface area contributed by atoms with E-state index in [-0.39, 0.29) is 0 Å². The first-order chi connectivity index (χ1) is 13.7. The summed E-state index contributed by atoms with van der Waals surface area (Å²) in [7, 11) is 0. The fraction of sp³-hybridized carbons (Fsp3) is 0. The molecule has 2 nitrogen and oxygen atoms in total. The van der Waals surface area contributed by atoms with Crippen molar-refractivity contribution in [2.24, 2.45) is 0 Å². The van der Waals surface area contributed by atoms with Gasteiger partial charge in [0.25, 0.3) is 0 Å². The maximum Gasteiger partial charge on any atom is 0.0634 e. The average Bonchev–Trinajstić information content (AvgIpc) is 2.78. The first kappa shape index (κ1) is 16.4. The van der Waals surface area contributed by atoms with Gasteiger partial charge in [-0.05, 0) is 45.2 Å². The van der Waals surface area contributed by atoms with Crippen LogP contribution in [0.4, 0.5) is 11.4 Å². The van der Waals surface area contributed by atoms with Gasteiger partial charge in [-0.3, -0.25) is 0 Å². The van der Waals surface area contributed by atoms with E-state index in [1.165, 1.54) is 22.3 Å². The molecular weight excluding hydrogens is 340 g/mol. The number of fused-ring (bicyclic) bond motifs is 3. The maximum absolute atomic E-state index is 6.40. The first-order valence-corrected chi connectivity index (χ1v) is 9.37. The summed E-state index contributed by atoms with van der Waals surface area (Å²) in [6, 6.07) is 33.6. The van der Waals surface area contributed by atoms with Crippen LogP contribution in [0.5, 0.6) is 0 Å². The molecule has 0 amide bonds. The minimum atomic E-state index is 0.648. The molecule has 0 spiro atoms. The SMILES string of the molecule is Nc1c(N)c2ccc(-c3ccccc3)cc2c2cc(-c3ccccc3)ccc12. The van der Waals surface area contributed by atoms with Crippen molar-refractivity contribution in [2.75, 3.05) is 11.5 Å². The Morgan fingerprint density at radius 3 is 1.14 bits per heavy atom. The largest absolute Gasteiger partial charge is 0.397 e. The van der Waals surface area contributed by atoms with Gasteiger partial charge in [0.1, 0.15) is 0 Å². The van der Waals surface area contributed by atoms with E-state index in [9.17, 15) is 0 Å². The second kappa shape index (κ2) is 6.43. The van der Waals surface area contributed by atoms with Crippen LogP contribution in [0.1, 0.15) is 0 Å². The number of rotatable bonds is 2. The van der Waals surface area contributed by atoms with Crippen LogP contribution in [0, 0.1) is 0 Å². The summed E-state index contributed by atoms with van der Waals surface area (Å²) in [5, 5.41) is 4.24. The van der Waals surface area contributed by atoms with Gasteiger partial charge in [0.2, 0.25) is 0 Å². The Balaban J connectivity index is 1.84. The van der Waals surface area contributed by atoms with Crippen LogP contribution >= 0.6 is 0 Å². The lowest BCUT2D eigenvalue weighted by atomic mass is 9.93. The van der Waals surface area contributed by atoms with Crippen molar-refractivity contribution in [2.45, 2.75) is 0 Å². The summed E-state index contributed by atoms with van der Waals surface area (Å²) in [5.41, 5.74) is 18.8. The molecule has 0 radical (unpaired) electrons. The highest BCUT2D eigenvalue weighted by atomic mass is 14.7. The third kappa shape index (κ3) is 2.58. The molecule has 5 aromatic rings. The van der Waals surface area contributed by atoms with E-state index in [1.807, 2.05) is 12.1 Å². The molecular formula is C26H20N2. The minimum Gasteiger partial charge on any atom is -0.397 e. The normalized spacial score (nSPS) is 11.1. The topological polar surface area (TPSA) is 52.0 Å². The van der Waals surface area contributed by atoms with Crippen LogP contribution in [0.15, 0.2) is 97.1 Å². The minimum absolute atomic E-state index is 0.648. The van der Waals surface area contributed by atoms with Crippen molar-refractivity contribution in [3.8, 4) is 22.3 Å². The van der Waals surface area contributed by atoms with E-state index in [4.69, 9.17) is 11.5 Å². The lowest BCUT2D eigenvalue weighted by Crippen LogP contribution is -1.98. The highest BCUT2D eigenvalue weighted by molar-refractivity contribution is 6.20. The number of benzene rings is 5. The zero-order chi connectivity index (χ0) is 19.1. The number of nitrogen functional groups attached to an aromatic ring is 2. The number of nitrogens with two attached hydrogens (primary N) is 2. The fourth-order valence-electron chi connectivity index (χ4n) is 3.91. The zero-order valence-corrected chi connectivity index (χ0v) is 15.4. The van der Waals surface area contributed by atoms with Crippen LogP contribution in [0.3, 0.4) is 0 Å². The molecule has 0 saturated carbocycles. The summed E-state index contributed by atoms with van der Waals surface area (Å²) < 4.78 is 0. The second-order valence-electron chi connectivity index (χ2n) is 7.08. The smallest absolute Gasteiger partial charge is 0.0634 e. The summed E-state index contributed by atoms with van der Waals surface area (Å²) >= 11 is 0. The molecule has 28 heavy (non-hydrogen) atoms. The van der Waals surface area contributed by atoms with E-state index in [0.717, 1.165) is 21.5 Å². The number of hydrogen-bond acceptors (Lipinski definition) is 2. The number of hydrogen-bond donors (Lipinski definition) is 2. The predicted molar refractivity (Wildman–Crippen MR) is 121 cm³/mol. The van der Waals surface area contributed by atoms with Crippen LogP contribution in [0.25, 0.3) is 43.8 Å². The van der Waals surface area contributed by atoms with Gasteiger partial charge < -0.3 is 11.5 Å². The quantitative estimate of drug-likeness (QED) is 0.215. The van der Waals surface area contributed by atoms with E-state index >= 15 is 0 Å². The van der Waals surface area contributed by atoms with Crippen molar-refractivity contribution < 1.29 is 0 Å². The summed E-state index contributed by atoms with van der Waals surface area (Å²) in [4.78, 5) is 0. The highest BCUT2D eigenvalue weighted by Gasteiger charge is 2.12. The maximum atomic E-state index is 6.40. The summed E-state index contributed by atoms with van der Waals surface area (Å²) in [5.74, 6) is 0. The second-order valence-corrected chi connectivity index (χ2v) is 7.08. The number of anilines is 2. The molecule has 0 aliphatic heterocycles. The molecule has 0 aliphatic carbocycles. The van der Waals surface area contributed by atoms with Gasteiger partial charge in [0.15, 0.2) is 0 Å². The third-order valence-corrected chi connectivity index (χ3v) is 5.41. The van der Waals surface area contributed by atoms with Crippen LogP contribution in [-0.2, 0) is 0 Å². The van der Waals surface area contributed by atoms with E-state index in [0.29, 0.717) is 11.4 Å². The van der Waals surface area contributed by atoms with Gasteiger partial charge in [0, 0.05) is 10.8 Å². The Bertz CT molecular complexity index is 1200. The molecule has 0 atom stereocenters. The lowest BCUT2D eigenvalue weighted by molar-refractivity contribution is 1.64. The van der Waals surface area contributed by atoms with Crippen molar-refractivity contribution in [1.29, 1.82) is 0 Å². The van der Waals surface area contributed by atoms with Crippen molar-refractivity contribution >= 4 is 32.9 Å². The molecule has 0 bridgehead atoms. The molecule has 0 unspecified atom stereocenters. The summed E-state index contributed by atoms with van der Waals surface area (Å²) in [6.45, 7) is 0. The molecule has 2 heteroatoms. The Labute approximate surface area is 164 Å². The Morgan fingerprint density at radius 1 is 0.357 bits per heavy atom. The van der Waals surface area contributed by atoms with Gasteiger partial charge in [-0.2, -0.15) is 0 Å². The van der Waals surface area contributed by atoms with Crippen molar-refractivity contribution in [3.63, 3.8) is 0 Å². The summed E-state index contributed by atoms with van der Waals surface area (Å²) in [6.07, 6.45) is 0. The van der Waals surface area contributed by atoms with Crippen molar-refractivity contribution in [1.82, 2.24) is 0 Å². The molecule has 134 valence electrons. The van der Waals surface area contributed by atoms with Crippen molar-refractivity contribution in [3.05, 3.63) is 97.1 Å². The molecule has 5 aromatic carbocycles. The van der Waals surface area contributed by atoms with Crippen LogP contribution in [-0.4, -0.2) is 0 Å². The molecule has 0 aliphatic rings. The monoisotopic (exact) mass is 360 g/mol. The first-order valence-electron chi connectivity index (χ1n) is 9.37. The fourth-order valence-corrected chi connectivity index (χ4v) is 3.91. The van der Waals surface area contributed by atoms with Gasteiger partial charge in [0.05, 0.1) is 11.4 Å². The Morgan fingerprint density at radius 2 is 0.750 bits per heavy atom. The van der Waals surface area contributed by atoms with Gasteiger partial charge in [-0.1, -0.05) is 84.9 Å². The van der Waals surface area contributed by atoms with E-state index in [1.54, 1.807) is 0 Å².